The Balaban J connectivity index is 1.52. The van der Waals surface area contributed by atoms with E-state index < -0.39 is 0 Å². The summed E-state index contributed by atoms with van der Waals surface area (Å²) in [5.74, 6) is 1.54. The number of rotatable bonds is 10. The molecule has 154 valence electrons. The molecule has 0 atom stereocenters. The highest BCUT2D eigenvalue weighted by Gasteiger charge is 2.04. The molecule has 2 N–H and O–H groups in total. The molecule has 0 radical (unpaired) electrons. The third-order valence-corrected chi connectivity index (χ3v) is 5.45. The summed E-state index contributed by atoms with van der Waals surface area (Å²) >= 11 is 1.74. The molecule has 2 aromatic heterocycles. The lowest BCUT2D eigenvalue weighted by Crippen LogP contribution is -2.40. The number of hydrogen-bond acceptors (Lipinski definition) is 4. The van der Waals surface area contributed by atoms with E-state index in [9.17, 15) is 4.39 Å². The molecule has 29 heavy (non-hydrogen) atoms. The van der Waals surface area contributed by atoms with Crippen molar-refractivity contribution in [1.29, 1.82) is 0 Å². The summed E-state index contributed by atoms with van der Waals surface area (Å²) in [6.07, 6.45) is 4.11. The minimum absolute atomic E-state index is 0.168. The van der Waals surface area contributed by atoms with E-state index in [4.69, 9.17) is 0 Å². The van der Waals surface area contributed by atoms with Crippen LogP contribution >= 0.6 is 11.3 Å². The van der Waals surface area contributed by atoms with Gasteiger partial charge in [0.25, 0.3) is 0 Å². The summed E-state index contributed by atoms with van der Waals surface area (Å²) in [7, 11) is 0. The largest absolute Gasteiger partial charge is 0.356 e. The van der Waals surface area contributed by atoms with Crippen LogP contribution < -0.4 is 10.6 Å². The second kappa shape index (κ2) is 11.3. The number of aliphatic imine (C=N–C) groups is 1. The topological polar surface area (TPSA) is 67.1 Å². The van der Waals surface area contributed by atoms with Gasteiger partial charge in [0.05, 0.1) is 0 Å². The molecule has 0 aliphatic heterocycles. The molecule has 3 rings (SSSR count). The van der Waals surface area contributed by atoms with Gasteiger partial charge in [0.2, 0.25) is 0 Å². The number of hydrogen-bond donors (Lipinski definition) is 2. The number of nitrogens with one attached hydrogen (secondary N) is 2. The smallest absolute Gasteiger partial charge is 0.191 e. The molecule has 8 heteroatoms. The van der Waals surface area contributed by atoms with Crippen molar-refractivity contribution in [2.75, 3.05) is 19.6 Å². The van der Waals surface area contributed by atoms with Crippen molar-refractivity contribution in [3.8, 4) is 0 Å². The molecule has 0 unspecified atom stereocenters. The van der Waals surface area contributed by atoms with Crippen LogP contribution in [-0.2, 0) is 25.8 Å². The average molecular weight is 415 g/mol. The van der Waals surface area contributed by atoms with E-state index in [1.54, 1.807) is 23.7 Å². The molecule has 6 nitrogen and oxygen atoms in total. The van der Waals surface area contributed by atoms with E-state index in [1.165, 1.54) is 10.9 Å². The molecule has 2 heterocycles. The third-order valence-electron chi connectivity index (χ3n) is 4.51. The minimum atomic E-state index is -0.168. The number of nitrogens with zero attached hydrogens (tertiary/aromatic N) is 4. The fourth-order valence-electron chi connectivity index (χ4n) is 2.96. The SMILES string of the molecule is CCc1nncn1CCNC(=NCCc1cccs1)NCCc1ccccc1F. The van der Waals surface area contributed by atoms with Crippen LogP contribution in [0.15, 0.2) is 53.1 Å². The maximum atomic E-state index is 13.8. The lowest BCUT2D eigenvalue weighted by molar-refractivity contribution is 0.605. The summed E-state index contributed by atoms with van der Waals surface area (Å²) in [4.78, 5) is 6.00. The number of guanidine groups is 1. The normalized spacial score (nSPS) is 11.6. The Kier molecular flexibility index (Phi) is 8.18. The van der Waals surface area contributed by atoms with E-state index in [2.05, 4.69) is 50.3 Å². The average Bonchev–Trinajstić information content (AvgIpc) is 3.41. The van der Waals surface area contributed by atoms with Crippen LogP contribution in [-0.4, -0.2) is 40.4 Å². The summed E-state index contributed by atoms with van der Waals surface area (Å²) in [5.41, 5.74) is 0.704. The first-order valence-corrected chi connectivity index (χ1v) is 10.8. The van der Waals surface area contributed by atoms with Crippen LogP contribution in [0.4, 0.5) is 4.39 Å². The van der Waals surface area contributed by atoms with Gasteiger partial charge in [-0.2, -0.15) is 0 Å². The lowest BCUT2D eigenvalue weighted by Gasteiger charge is -2.13. The monoisotopic (exact) mass is 414 g/mol. The van der Waals surface area contributed by atoms with Crippen LogP contribution in [0.2, 0.25) is 0 Å². The van der Waals surface area contributed by atoms with Crippen molar-refractivity contribution in [1.82, 2.24) is 25.4 Å². The predicted molar refractivity (Wildman–Crippen MR) is 116 cm³/mol. The number of aromatic nitrogens is 3. The summed E-state index contributed by atoms with van der Waals surface area (Å²) in [6, 6.07) is 11.1. The maximum absolute atomic E-state index is 13.8. The van der Waals surface area contributed by atoms with Crippen LogP contribution in [0.5, 0.6) is 0 Å². The van der Waals surface area contributed by atoms with E-state index >= 15 is 0 Å². The van der Waals surface area contributed by atoms with E-state index in [-0.39, 0.29) is 5.82 Å². The van der Waals surface area contributed by atoms with Gasteiger partial charge in [-0.15, -0.1) is 21.5 Å². The van der Waals surface area contributed by atoms with Gasteiger partial charge in [0.15, 0.2) is 5.96 Å². The Bertz CT molecular complexity index is 890. The highest BCUT2D eigenvalue weighted by atomic mass is 32.1. The first-order chi connectivity index (χ1) is 14.3. The van der Waals surface area contributed by atoms with E-state index in [0.29, 0.717) is 31.6 Å². The van der Waals surface area contributed by atoms with Crippen molar-refractivity contribution in [3.05, 3.63) is 70.2 Å². The maximum Gasteiger partial charge on any atom is 0.191 e. The van der Waals surface area contributed by atoms with Gasteiger partial charge >= 0.3 is 0 Å². The summed E-state index contributed by atoms with van der Waals surface area (Å²) < 4.78 is 15.9. The zero-order valence-electron chi connectivity index (χ0n) is 16.6. The molecule has 1 aromatic carbocycles. The Morgan fingerprint density at radius 1 is 1.14 bits per heavy atom. The molecule has 0 fully saturated rings. The molecule has 0 amide bonds. The molecular formula is C21H27FN6S. The van der Waals surface area contributed by atoms with Crippen molar-refractivity contribution in [2.24, 2.45) is 4.99 Å². The fourth-order valence-corrected chi connectivity index (χ4v) is 3.66. The second-order valence-corrected chi connectivity index (χ2v) is 7.58. The predicted octanol–water partition coefficient (Wildman–Crippen LogP) is 3.06. The summed E-state index contributed by atoms with van der Waals surface area (Å²) in [5, 5.41) is 16.8. The first-order valence-electron chi connectivity index (χ1n) is 9.91. The van der Waals surface area contributed by atoms with Crippen molar-refractivity contribution >= 4 is 17.3 Å². The molecule has 0 saturated carbocycles. The highest BCUT2D eigenvalue weighted by molar-refractivity contribution is 7.09. The second-order valence-electron chi connectivity index (χ2n) is 6.55. The van der Waals surface area contributed by atoms with Crippen molar-refractivity contribution in [2.45, 2.75) is 32.7 Å². The van der Waals surface area contributed by atoms with Gasteiger partial charge in [-0.3, -0.25) is 4.99 Å². The number of benzene rings is 1. The standard InChI is InChI=1S/C21H27FN6S/c1-2-20-27-26-16-28(20)14-13-25-21(24-12-10-18-7-5-15-29-18)23-11-9-17-6-3-4-8-19(17)22/h3-8,15-16H,2,9-14H2,1H3,(H2,23,24,25). The first kappa shape index (κ1) is 21.0. The Labute approximate surface area is 174 Å². The van der Waals surface area contributed by atoms with Gasteiger partial charge in [-0.25, -0.2) is 4.39 Å². The van der Waals surface area contributed by atoms with Gasteiger partial charge in [0.1, 0.15) is 18.0 Å². The van der Waals surface area contributed by atoms with E-state index in [1.807, 2.05) is 16.7 Å². The Morgan fingerprint density at radius 3 is 2.79 bits per heavy atom. The molecule has 0 bridgehead atoms. The fraction of sp³-hybridized carbons (Fsp3) is 0.381. The molecule has 0 aliphatic rings. The van der Waals surface area contributed by atoms with Gasteiger partial charge in [-0.05, 0) is 29.5 Å². The number of halogens is 1. The molecule has 0 spiro atoms. The van der Waals surface area contributed by atoms with Crippen LogP contribution in [0.3, 0.4) is 0 Å². The van der Waals surface area contributed by atoms with Crippen LogP contribution in [0.1, 0.15) is 23.2 Å². The molecule has 0 saturated heterocycles. The lowest BCUT2D eigenvalue weighted by atomic mass is 10.1. The van der Waals surface area contributed by atoms with Crippen LogP contribution in [0, 0.1) is 5.82 Å². The highest BCUT2D eigenvalue weighted by Crippen LogP contribution is 2.09. The summed E-state index contributed by atoms with van der Waals surface area (Å²) in [6.45, 7) is 4.83. The molecule has 3 aromatic rings. The van der Waals surface area contributed by atoms with E-state index in [0.717, 1.165) is 31.2 Å². The van der Waals surface area contributed by atoms with Gasteiger partial charge in [-0.1, -0.05) is 31.2 Å². The van der Waals surface area contributed by atoms with Crippen molar-refractivity contribution < 1.29 is 4.39 Å². The Morgan fingerprint density at radius 2 is 2.00 bits per heavy atom. The van der Waals surface area contributed by atoms with Crippen LogP contribution in [0.25, 0.3) is 0 Å². The third kappa shape index (κ3) is 6.67. The quantitative estimate of drug-likeness (QED) is 0.395. The van der Waals surface area contributed by atoms with Crippen molar-refractivity contribution in [3.63, 3.8) is 0 Å². The van der Waals surface area contributed by atoms with Gasteiger partial charge in [0, 0.05) is 43.9 Å². The number of aryl methyl sites for hydroxylation is 1. The molecular weight excluding hydrogens is 387 g/mol. The zero-order chi connectivity index (χ0) is 20.3. The Hall–Kier alpha value is -2.74. The van der Waals surface area contributed by atoms with Gasteiger partial charge < -0.3 is 15.2 Å². The minimum Gasteiger partial charge on any atom is -0.356 e. The number of thiophene rings is 1. The molecule has 0 aliphatic carbocycles. The zero-order valence-corrected chi connectivity index (χ0v) is 17.5.